The van der Waals surface area contributed by atoms with Gasteiger partial charge in [0, 0.05) is 6.42 Å². The van der Waals surface area contributed by atoms with Gasteiger partial charge in [0.2, 0.25) is 5.91 Å². The van der Waals surface area contributed by atoms with Crippen LogP contribution in [0, 0.1) is 5.92 Å². The molecule has 0 aromatic heterocycles. The molecule has 1 aromatic carbocycles. The van der Waals surface area contributed by atoms with Crippen LogP contribution in [0.2, 0.25) is 0 Å². The van der Waals surface area contributed by atoms with Crippen LogP contribution in [0.4, 0.5) is 9.59 Å². The van der Waals surface area contributed by atoms with Crippen LogP contribution in [0.5, 0.6) is 5.75 Å². The van der Waals surface area contributed by atoms with Crippen molar-refractivity contribution in [2.45, 2.75) is 85.1 Å². The predicted octanol–water partition coefficient (Wildman–Crippen LogP) is 3.66. The Bertz CT molecular complexity index is 866. The molecule has 10 nitrogen and oxygen atoms in total. The van der Waals surface area contributed by atoms with Crippen LogP contribution < -0.4 is 15.4 Å². The van der Waals surface area contributed by atoms with Crippen molar-refractivity contribution in [3.8, 4) is 5.75 Å². The number of carbonyl (C=O) groups excluding carboxylic acids is 3. The molecule has 2 amide bonds. The van der Waals surface area contributed by atoms with Crippen molar-refractivity contribution in [2.75, 3.05) is 0 Å². The van der Waals surface area contributed by atoms with Gasteiger partial charge in [-0.15, -0.1) is 0 Å². The Morgan fingerprint density at radius 2 is 1.41 bits per heavy atom. The normalized spacial score (nSPS) is 13.4. The molecule has 1 rings (SSSR count). The number of hydrogen-bond acceptors (Lipinski definition) is 7. The summed E-state index contributed by atoms with van der Waals surface area (Å²) in [6.45, 7) is 13.7. The summed E-state index contributed by atoms with van der Waals surface area (Å²) in [4.78, 5) is 48.4. The minimum Gasteiger partial charge on any atom is -0.480 e. The maximum Gasteiger partial charge on any atom is 0.514 e. The summed E-state index contributed by atoms with van der Waals surface area (Å²) in [6, 6.07) is 3.94. The van der Waals surface area contributed by atoms with Crippen LogP contribution in [0.25, 0.3) is 0 Å². The maximum atomic E-state index is 12.8. The van der Waals surface area contributed by atoms with E-state index in [2.05, 4.69) is 10.6 Å². The third-order valence-corrected chi connectivity index (χ3v) is 4.19. The number of aliphatic carboxylic acids is 1. The highest BCUT2D eigenvalue weighted by atomic mass is 16.7. The monoisotopic (exact) mass is 480 g/mol. The first-order chi connectivity index (χ1) is 15.5. The third-order valence-electron chi connectivity index (χ3n) is 4.19. The smallest absolute Gasteiger partial charge is 0.480 e. The maximum absolute atomic E-state index is 12.8. The molecule has 190 valence electrons. The van der Waals surface area contributed by atoms with Crippen molar-refractivity contribution in [3.05, 3.63) is 29.8 Å². The van der Waals surface area contributed by atoms with Crippen molar-refractivity contribution >= 4 is 24.1 Å². The van der Waals surface area contributed by atoms with Crippen molar-refractivity contribution in [1.82, 2.24) is 10.6 Å². The second kappa shape index (κ2) is 11.7. The van der Waals surface area contributed by atoms with E-state index in [0.717, 1.165) is 0 Å². The van der Waals surface area contributed by atoms with Gasteiger partial charge in [0.25, 0.3) is 0 Å². The average molecular weight is 481 g/mol. The number of amides is 2. The van der Waals surface area contributed by atoms with Gasteiger partial charge in [-0.1, -0.05) is 26.0 Å². The van der Waals surface area contributed by atoms with E-state index in [4.69, 9.17) is 14.2 Å². The molecule has 0 saturated heterocycles. The summed E-state index contributed by atoms with van der Waals surface area (Å²) in [7, 11) is 0. The first-order valence-corrected chi connectivity index (χ1v) is 11.0. The molecule has 1 aromatic rings. The summed E-state index contributed by atoms with van der Waals surface area (Å²) in [5.74, 6) is -1.96. The molecule has 0 aliphatic heterocycles. The zero-order valence-corrected chi connectivity index (χ0v) is 21.1. The predicted molar refractivity (Wildman–Crippen MR) is 125 cm³/mol. The van der Waals surface area contributed by atoms with Crippen LogP contribution in [0.3, 0.4) is 0 Å². The van der Waals surface area contributed by atoms with E-state index in [0.29, 0.717) is 5.56 Å². The van der Waals surface area contributed by atoms with E-state index in [-0.39, 0.29) is 18.1 Å². The molecule has 0 unspecified atom stereocenters. The summed E-state index contributed by atoms with van der Waals surface area (Å²) in [5.41, 5.74) is -0.855. The van der Waals surface area contributed by atoms with Gasteiger partial charge in [0.05, 0.1) is 0 Å². The number of carboxylic acid groups (broad SMARTS) is 1. The molecule has 0 spiro atoms. The Hall–Kier alpha value is -3.30. The fourth-order valence-electron chi connectivity index (χ4n) is 2.73. The number of alkyl carbamates (subject to hydrolysis) is 1. The van der Waals surface area contributed by atoms with E-state index in [1.54, 1.807) is 67.5 Å². The number of benzene rings is 1. The minimum absolute atomic E-state index is 0.0228. The Kier molecular flexibility index (Phi) is 9.90. The van der Waals surface area contributed by atoms with Gasteiger partial charge >= 0.3 is 18.2 Å². The van der Waals surface area contributed by atoms with Crippen LogP contribution in [0.1, 0.15) is 61.0 Å². The zero-order valence-electron chi connectivity index (χ0n) is 21.1. The summed E-state index contributed by atoms with van der Waals surface area (Å²) >= 11 is 0. The van der Waals surface area contributed by atoms with E-state index in [1.807, 2.05) is 0 Å². The second-order valence-corrected chi connectivity index (χ2v) is 10.2. The number of ether oxygens (including phenoxy) is 3. The first-order valence-electron chi connectivity index (χ1n) is 11.0. The van der Waals surface area contributed by atoms with Gasteiger partial charge in [0.15, 0.2) is 0 Å². The number of hydrogen-bond donors (Lipinski definition) is 3. The molecule has 10 heteroatoms. The van der Waals surface area contributed by atoms with Crippen molar-refractivity contribution < 1.29 is 38.5 Å². The molecular formula is C24H36N2O8. The van der Waals surface area contributed by atoms with Gasteiger partial charge < -0.3 is 30.0 Å². The number of nitrogens with one attached hydrogen (secondary N) is 2. The first kappa shape index (κ1) is 28.7. The molecule has 0 saturated carbocycles. The standard InChI is InChI=1S/C24H36N2O8/c1-14(2)18(26-21(30)33-23(3,4)5)19(27)25-17(20(28)29)13-15-9-11-16(12-10-15)32-22(31)34-24(6,7)8/h9-12,14,17-18H,13H2,1-8H3,(H,25,27)(H,26,30)(H,28,29)/t17-,18-/m0/s1. The Balaban J connectivity index is 2.82. The number of carbonyl (C=O) groups is 4. The van der Waals surface area contributed by atoms with E-state index in [1.165, 1.54) is 12.1 Å². The average Bonchev–Trinajstić information content (AvgIpc) is 2.63. The lowest BCUT2D eigenvalue weighted by atomic mass is 10.0. The van der Waals surface area contributed by atoms with Gasteiger partial charge in [-0.3, -0.25) is 4.79 Å². The molecule has 0 fully saturated rings. The Morgan fingerprint density at radius 3 is 1.85 bits per heavy atom. The Labute approximate surface area is 200 Å². The Morgan fingerprint density at radius 1 is 0.882 bits per heavy atom. The van der Waals surface area contributed by atoms with E-state index in [9.17, 15) is 24.3 Å². The van der Waals surface area contributed by atoms with Gasteiger partial charge in [-0.2, -0.15) is 0 Å². The van der Waals surface area contributed by atoms with E-state index >= 15 is 0 Å². The van der Waals surface area contributed by atoms with E-state index < -0.39 is 47.4 Å². The third kappa shape index (κ3) is 11.0. The highest BCUT2D eigenvalue weighted by Gasteiger charge is 2.30. The SMILES string of the molecule is CC(C)[C@H](NC(=O)OC(C)(C)C)C(=O)N[C@@H](Cc1ccc(OC(=O)OC(C)(C)C)cc1)C(=O)O. The number of carboxylic acids is 1. The fraction of sp³-hybridized carbons (Fsp3) is 0.583. The molecule has 0 aliphatic rings. The minimum atomic E-state index is -1.24. The number of rotatable bonds is 8. The molecule has 3 N–H and O–H groups in total. The lowest BCUT2D eigenvalue weighted by Crippen LogP contribution is -2.54. The highest BCUT2D eigenvalue weighted by molar-refractivity contribution is 5.89. The lowest BCUT2D eigenvalue weighted by Gasteiger charge is -2.26. The fourth-order valence-corrected chi connectivity index (χ4v) is 2.73. The van der Waals surface area contributed by atoms with Crippen molar-refractivity contribution in [2.24, 2.45) is 5.92 Å². The highest BCUT2D eigenvalue weighted by Crippen LogP contribution is 2.17. The molecule has 0 aliphatic carbocycles. The van der Waals surface area contributed by atoms with Crippen molar-refractivity contribution in [3.63, 3.8) is 0 Å². The molecular weight excluding hydrogens is 444 g/mol. The topological polar surface area (TPSA) is 140 Å². The van der Waals surface area contributed by atoms with Crippen LogP contribution in [-0.4, -0.2) is 52.5 Å². The summed E-state index contributed by atoms with van der Waals surface area (Å²) in [6.07, 6.45) is -1.65. The van der Waals surface area contributed by atoms with Crippen molar-refractivity contribution in [1.29, 1.82) is 0 Å². The van der Waals surface area contributed by atoms with Crippen LogP contribution >= 0.6 is 0 Å². The zero-order chi connectivity index (χ0) is 26.3. The quantitative estimate of drug-likeness (QED) is 0.378. The molecule has 0 heterocycles. The van der Waals surface area contributed by atoms with Crippen LogP contribution in [-0.2, 0) is 25.5 Å². The second-order valence-electron chi connectivity index (χ2n) is 10.2. The lowest BCUT2D eigenvalue weighted by molar-refractivity contribution is -0.142. The van der Waals surface area contributed by atoms with Gasteiger partial charge in [-0.05, 0) is 65.2 Å². The summed E-state index contributed by atoms with van der Waals surface area (Å²) < 4.78 is 15.4. The van der Waals surface area contributed by atoms with Gasteiger partial charge in [-0.25, -0.2) is 14.4 Å². The van der Waals surface area contributed by atoms with Crippen LogP contribution in [0.15, 0.2) is 24.3 Å². The molecule has 0 bridgehead atoms. The molecule has 2 atom stereocenters. The molecule has 0 radical (unpaired) electrons. The van der Waals surface area contributed by atoms with Gasteiger partial charge in [0.1, 0.15) is 29.0 Å². The summed E-state index contributed by atoms with van der Waals surface area (Å²) in [5, 5.41) is 14.6. The largest absolute Gasteiger partial charge is 0.514 e. The molecule has 34 heavy (non-hydrogen) atoms.